The van der Waals surface area contributed by atoms with E-state index in [0.717, 1.165) is 0 Å². The van der Waals surface area contributed by atoms with Gasteiger partial charge in [0.15, 0.2) is 0 Å². The second kappa shape index (κ2) is 4.49. The number of likely N-dealkylation sites (tertiary alicyclic amines) is 1. The summed E-state index contributed by atoms with van der Waals surface area (Å²) in [6.45, 7) is 3.84. The smallest absolute Gasteiger partial charge is 0.0690 e. The van der Waals surface area contributed by atoms with Crippen LogP contribution in [0, 0.1) is 0 Å². The van der Waals surface area contributed by atoms with Crippen LogP contribution in [0.3, 0.4) is 0 Å². The van der Waals surface area contributed by atoms with E-state index in [9.17, 15) is 0 Å². The lowest BCUT2D eigenvalue weighted by Gasteiger charge is -2.37. The van der Waals surface area contributed by atoms with Crippen LogP contribution in [0.25, 0.3) is 0 Å². The normalized spacial score (nSPS) is 33.5. The summed E-state index contributed by atoms with van der Waals surface area (Å²) in [7, 11) is 0. The van der Waals surface area contributed by atoms with Gasteiger partial charge in [-0.3, -0.25) is 4.90 Å². The minimum absolute atomic E-state index is 0.684. The van der Waals surface area contributed by atoms with Gasteiger partial charge in [-0.25, -0.2) is 0 Å². The van der Waals surface area contributed by atoms with Crippen molar-refractivity contribution >= 4 is 11.8 Å². The first-order chi connectivity index (χ1) is 5.97. The number of hydrogen-bond donors (Lipinski definition) is 1. The zero-order valence-corrected chi connectivity index (χ0v) is 8.41. The van der Waals surface area contributed by atoms with Gasteiger partial charge < -0.3 is 5.32 Å². The van der Waals surface area contributed by atoms with Gasteiger partial charge in [-0.15, -0.1) is 0 Å². The van der Waals surface area contributed by atoms with Crippen LogP contribution in [0.4, 0.5) is 0 Å². The van der Waals surface area contributed by atoms with Gasteiger partial charge in [-0.2, -0.15) is 11.8 Å². The Bertz CT molecular complexity index is 112. The molecular formula is C9H18N2S. The van der Waals surface area contributed by atoms with Crippen LogP contribution in [0.5, 0.6) is 0 Å². The van der Waals surface area contributed by atoms with E-state index in [1.54, 1.807) is 0 Å². The Balaban J connectivity index is 1.80. The summed E-state index contributed by atoms with van der Waals surface area (Å²) in [5.74, 6) is 2.59. The topological polar surface area (TPSA) is 15.3 Å². The second-order valence-corrected chi connectivity index (χ2v) is 4.79. The van der Waals surface area contributed by atoms with Gasteiger partial charge in [0.25, 0.3) is 0 Å². The Kier molecular flexibility index (Phi) is 3.31. The molecule has 0 aromatic carbocycles. The molecule has 2 heterocycles. The lowest BCUT2D eigenvalue weighted by atomic mass is 10.1. The van der Waals surface area contributed by atoms with Gasteiger partial charge in [-0.05, 0) is 25.9 Å². The molecule has 0 aromatic rings. The van der Waals surface area contributed by atoms with Crippen LogP contribution in [0.2, 0.25) is 0 Å². The molecule has 2 nitrogen and oxygen atoms in total. The fourth-order valence-corrected chi connectivity index (χ4v) is 3.00. The Morgan fingerprint density at radius 2 is 2.00 bits per heavy atom. The highest BCUT2D eigenvalue weighted by Crippen LogP contribution is 2.16. The number of rotatable bonds is 1. The molecule has 1 N–H and O–H groups in total. The van der Waals surface area contributed by atoms with Crippen molar-refractivity contribution < 1.29 is 0 Å². The molecule has 1 atom stereocenters. The Labute approximate surface area is 79.1 Å². The molecule has 0 saturated carbocycles. The molecule has 0 aliphatic carbocycles. The van der Waals surface area contributed by atoms with Gasteiger partial charge in [0.2, 0.25) is 0 Å². The highest BCUT2D eigenvalue weighted by Gasteiger charge is 2.21. The highest BCUT2D eigenvalue weighted by molar-refractivity contribution is 7.99. The van der Waals surface area contributed by atoms with Crippen LogP contribution >= 0.6 is 11.8 Å². The molecule has 0 radical (unpaired) electrons. The minimum atomic E-state index is 0.684. The molecule has 3 heteroatoms. The van der Waals surface area contributed by atoms with Crippen molar-refractivity contribution in [1.29, 1.82) is 0 Å². The fraction of sp³-hybridized carbons (Fsp3) is 1.00. The standard InChI is InChI=1S/C9H18N2S/c1-2-5-11(6-3-1)9-8-12-7-4-10-9/h9-10H,1-8H2. The van der Waals surface area contributed by atoms with Crippen molar-refractivity contribution in [2.45, 2.75) is 25.4 Å². The SMILES string of the molecule is C1CCN(C2CSCCN2)CC1. The monoisotopic (exact) mass is 186 g/mol. The van der Waals surface area contributed by atoms with Crippen LogP contribution in [-0.2, 0) is 0 Å². The minimum Gasteiger partial charge on any atom is -0.300 e. The van der Waals surface area contributed by atoms with E-state index >= 15 is 0 Å². The Morgan fingerprint density at radius 3 is 2.67 bits per heavy atom. The summed E-state index contributed by atoms with van der Waals surface area (Å²) < 4.78 is 0. The average Bonchev–Trinajstić information content (AvgIpc) is 2.21. The number of hydrogen-bond acceptors (Lipinski definition) is 3. The summed E-state index contributed by atoms with van der Waals surface area (Å²) in [6, 6.07) is 0. The maximum absolute atomic E-state index is 3.59. The number of piperidine rings is 1. The van der Waals surface area contributed by atoms with E-state index in [-0.39, 0.29) is 0 Å². The average molecular weight is 186 g/mol. The summed E-state index contributed by atoms with van der Waals surface area (Å²) in [5.41, 5.74) is 0. The van der Waals surface area contributed by atoms with Gasteiger partial charge in [0.05, 0.1) is 6.17 Å². The number of thioether (sulfide) groups is 1. The molecule has 0 amide bonds. The first-order valence-corrected chi connectivity index (χ1v) is 6.17. The van der Waals surface area contributed by atoms with E-state index in [1.807, 2.05) is 0 Å². The maximum atomic E-state index is 3.59. The third kappa shape index (κ3) is 2.15. The molecular weight excluding hydrogens is 168 g/mol. The predicted molar refractivity (Wildman–Crippen MR) is 54.5 cm³/mol. The van der Waals surface area contributed by atoms with E-state index in [4.69, 9.17) is 0 Å². The number of nitrogens with one attached hydrogen (secondary N) is 1. The van der Waals surface area contributed by atoms with E-state index < -0.39 is 0 Å². The van der Waals surface area contributed by atoms with Crippen molar-refractivity contribution in [2.24, 2.45) is 0 Å². The van der Waals surface area contributed by atoms with Crippen LogP contribution in [0.15, 0.2) is 0 Å². The summed E-state index contributed by atoms with van der Waals surface area (Å²) in [6.07, 6.45) is 4.94. The second-order valence-electron chi connectivity index (χ2n) is 3.64. The third-order valence-electron chi connectivity index (χ3n) is 2.73. The Morgan fingerprint density at radius 1 is 1.17 bits per heavy atom. The molecule has 0 aromatic heterocycles. The van der Waals surface area contributed by atoms with Crippen molar-refractivity contribution in [2.75, 3.05) is 31.1 Å². The van der Waals surface area contributed by atoms with E-state index in [2.05, 4.69) is 22.0 Å². The van der Waals surface area contributed by atoms with Gasteiger partial charge in [0.1, 0.15) is 0 Å². The van der Waals surface area contributed by atoms with Crippen LogP contribution < -0.4 is 5.32 Å². The van der Waals surface area contributed by atoms with Crippen molar-refractivity contribution in [3.05, 3.63) is 0 Å². The third-order valence-corrected chi connectivity index (χ3v) is 3.78. The van der Waals surface area contributed by atoms with Gasteiger partial charge >= 0.3 is 0 Å². The quantitative estimate of drug-likeness (QED) is 0.661. The number of nitrogens with zero attached hydrogens (tertiary/aromatic N) is 1. The van der Waals surface area contributed by atoms with Crippen molar-refractivity contribution in [1.82, 2.24) is 10.2 Å². The lowest BCUT2D eigenvalue weighted by molar-refractivity contribution is 0.151. The predicted octanol–water partition coefficient (Wildman–Crippen LogP) is 1.13. The fourth-order valence-electron chi connectivity index (χ4n) is 2.02. The zero-order valence-electron chi connectivity index (χ0n) is 7.59. The summed E-state index contributed by atoms with van der Waals surface area (Å²) >= 11 is 2.09. The molecule has 70 valence electrons. The van der Waals surface area contributed by atoms with Gasteiger partial charge in [0, 0.05) is 18.1 Å². The molecule has 2 rings (SSSR count). The van der Waals surface area contributed by atoms with E-state index in [0.29, 0.717) is 6.17 Å². The zero-order chi connectivity index (χ0) is 8.23. The summed E-state index contributed by atoms with van der Waals surface area (Å²) in [4.78, 5) is 2.62. The molecule has 1 unspecified atom stereocenters. The maximum Gasteiger partial charge on any atom is 0.0690 e. The molecule has 2 fully saturated rings. The van der Waals surface area contributed by atoms with Crippen molar-refractivity contribution in [3.8, 4) is 0 Å². The first-order valence-electron chi connectivity index (χ1n) is 5.02. The van der Waals surface area contributed by atoms with E-state index in [1.165, 1.54) is 50.4 Å². The molecule has 2 aliphatic heterocycles. The Hall–Kier alpha value is 0.270. The highest BCUT2D eigenvalue weighted by atomic mass is 32.2. The van der Waals surface area contributed by atoms with Crippen molar-refractivity contribution in [3.63, 3.8) is 0 Å². The summed E-state index contributed by atoms with van der Waals surface area (Å²) in [5, 5.41) is 3.59. The van der Waals surface area contributed by atoms with Gasteiger partial charge in [-0.1, -0.05) is 6.42 Å². The first kappa shape index (κ1) is 8.85. The molecule has 2 aliphatic rings. The van der Waals surface area contributed by atoms with Crippen LogP contribution in [-0.4, -0.2) is 42.2 Å². The molecule has 0 spiro atoms. The lowest BCUT2D eigenvalue weighted by Crippen LogP contribution is -2.52. The molecule has 2 saturated heterocycles. The largest absolute Gasteiger partial charge is 0.300 e. The molecule has 12 heavy (non-hydrogen) atoms. The molecule has 0 bridgehead atoms. The van der Waals surface area contributed by atoms with Crippen LogP contribution in [0.1, 0.15) is 19.3 Å².